The Morgan fingerprint density at radius 2 is 1.39 bits per heavy atom. The molecule has 0 spiro atoms. The average molecular weight is 320 g/mol. The van der Waals surface area contributed by atoms with Crippen LogP contribution in [0.15, 0.2) is 54.6 Å². The van der Waals surface area contributed by atoms with Gasteiger partial charge in [0.25, 0.3) is 0 Å². The van der Waals surface area contributed by atoms with Crippen molar-refractivity contribution in [1.82, 2.24) is 0 Å². The van der Waals surface area contributed by atoms with Crippen LogP contribution in [0.25, 0.3) is 10.8 Å². The lowest BCUT2D eigenvalue weighted by atomic mass is 10.1. The molecule has 3 rings (SSSR count). The molecule has 0 aliphatic heterocycles. The molecule has 0 aliphatic carbocycles. The minimum Gasteiger partial charge on any atom is -0.508 e. The lowest BCUT2D eigenvalue weighted by Crippen LogP contribution is -1.94. The maximum atomic E-state index is 12.0. The topological polar surface area (TPSA) is 57.5 Å². The van der Waals surface area contributed by atoms with E-state index in [0.717, 1.165) is 29.0 Å². The zero-order valence-electron chi connectivity index (χ0n) is 11.6. The van der Waals surface area contributed by atoms with Crippen LogP contribution in [0, 0.1) is 17.5 Å². The van der Waals surface area contributed by atoms with E-state index in [9.17, 15) is 23.1 Å². The molecule has 0 aliphatic rings. The summed E-state index contributed by atoms with van der Waals surface area (Å²) in [6, 6.07) is 12.4. The van der Waals surface area contributed by atoms with Crippen LogP contribution in [-0.4, -0.2) is 16.2 Å². The van der Waals surface area contributed by atoms with Gasteiger partial charge in [0.15, 0.2) is 17.5 Å². The number of aromatic hydroxyl groups is 1. The highest BCUT2D eigenvalue weighted by atomic mass is 19.2. The van der Waals surface area contributed by atoms with E-state index >= 15 is 0 Å². The van der Waals surface area contributed by atoms with Gasteiger partial charge >= 0.3 is 5.97 Å². The predicted molar refractivity (Wildman–Crippen MR) is 78.9 cm³/mol. The van der Waals surface area contributed by atoms with Gasteiger partial charge in [-0.25, -0.2) is 18.0 Å². The summed E-state index contributed by atoms with van der Waals surface area (Å²) in [5.41, 5.74) is 0.253. The number of rotatable bonds is 1. The molecule has 0 unspecified atom stereocenters. The number of carbonyl (C=O) groups is 1. The van der Waals surface area contributed by atoms with E-state index in [1.54, 1.807) is 24.3 Å². The van der Waals surface area contributed by atoms with Crippen molar-refractivity contribution in [1.29, 1.82) is 0 Å². The fourth-order valence-electron chi connectivity index (χ4n) is 1.84. The van der Waals surface area contributed by atoms with Crippen molar-refractivity contribution in [3.63, 3.8) is 0 Å². The smallest absolute Gasteiger partial charge is 0.335 e. The molecule has 0 bridgehead atoms. The lowest BCUT2D eigenvalue weighted by molar-refractivity contribution is 0.0697. The first-order valence-electron chi connectivity index (χ1n) is 6.44. The molecule has 0 amide bonds. The number of fused-ring (bicyclic) bond motifs is 1. The van der Waals surface area contributed by atoms with E-state index in [-0.39, 0.29) is 11.3 Å². The largest absolute Gasteiger partial charge is 0.508 e. The van der Waals surface area contributed by atoms with Gasteiger partial charge in [0, 0.05) is 0 Å². The summed E-state index contributed by atoms with van der Waals surface area (Å²) in [6.45, 7) is 0. The van der Waals surface area contributed by atoms with Crippen LogP contribution in [0.3, 0.4) is 0 Å². The Morgan fingerprint density at radius 3 is 1.96 bits per heavy atom. The Labute approximate surface area is 129 Å². The van der Waals surface area contributed by atoms with E-state index in [4.69, 9.17) is 5.11 Å². The molecule has 3 aromatic carbocycles. The number of carboxylic acid groups (broad SMARTS) is 1. The fourth-order valence-corrected chi connectivity index (χ4v) is 1.84. The second-order valence-corrected chi connectivity index (χ2v) is 4.59. The van der Waals surface area contributed by atoms with Crippen molar-refractivity contribution in [2.75, 3.05) is 0 Å². The molecule has 0 saturated carbocycles. The first-order valence-corrected chi connectivity index (χ1v) is 6.44. The Hall–Kier alpha value is -3.02. The third kappa shape index (κ3) is 4.00. The number of hydrogen-bond donors (Lipinski definition) is 2. The SMILES string of the molecule is Fc1cccc(F)c1F.O=C(O)c1ccc2cc(O)ccc2c1. The zero-order chi connectivity index (χ0) is 17.0. The Bertz CT molecular complexity index is 843. The number of hydrogen-bond acceptors (Lipinski definition) is 2. The number of halogens is 3. The van der Waals surface area contributed by atoms with Crippen molar-refractivity contribution in [3.8, 4) is 5.75 Å². The standard InChI is InChI=1S/C11H8O3.C6H3F3/c12-10-4-3-7-5-9(11(13)14)2-1-8(7)6-10;7-4-2-1-3-5(8)6(4)9/h1-6,12H,(H,13,14);1-3H. The monoisotopic (exact) mass is 320 g/mol. The molecule has 23 heavy (non-hydrogen) atoms. The van der Waals surface area contributed by atoms with Crippen molar-refractivity contribution in [3.05, 3.63) is 77.6 Å². The van der Waals surface area contributed by atoms with Crippen molar-refractivity contribution >= 4 is 16.7 Å². The van der Waals surface area contributed by atoms with E-state index in [0.29, 0.717) is 0 Å². The lowest BCUT2D eigenvalue weighted by Gasteiger charge is -2.00. The first kappa shape index (κ1) is 16.4. The quantitative estimate of drug-likeness (QED) is 0.656. The van der Waals surface area contributed by atoms with Gasteiger partial charge in [0.2, 0.25) is 0 Å². The molecule has 6 heteroatoms. The summed E-state index contributed by atoms with van der Waals surface area (Å²) in [7, 11) is 0. The van der Waals surface area contributed by atoms with Gasteiger partial charge in [0.05, 0.1) is 5.56 Å². The van der Waals surface area contributed by atoms with Crippen molar-refractivity contribution < 1.29 is 28.2 Å². The van der Waals surface area contributed by atoms with Crippen LogP contribution in [0.4, 0.5) is 13.2 Å². The zero-order valence-corrected chi connectivity index (χ0v) is 11.6. The third-order valence-corrected chi connectivity index (χ3v) is 2.98. The van der Waals surface area contributed by atoms with Gasteiger partial charge in [-0.1, -0.05) is 18.2 Å². The van der Waals surface area contributed by atoms with Crippen LogP contribution in [-0.2, 0) is 0 Å². The van der Waals surface area contributed by atoms with E-state index in [2.05, 4.69) is 0 Å². The van der Waals surface area contributed by atoms with Crippen molar-refractivity contribution in [2.24, 2.45) is 0 Å². The number of phenolic OH excluding ortho intramolecular Hbond substituents is 1. The second kappa shape index (κ2) is 6.83. The molecule has 3 nitrogen and oxygen atoms in total. The summed E-state index contributed by atoms with van der Waals surface area (Å²) in [6.07, 6.45) is 0. The number of carboxylic acids is 1. The molecule has 0 atom stereocenters. The van der Waals surface area contributed by atoms with E-state index in [1.165, 1.54) is 12.1 Å². The Balaban J connectivity index is 0.000000185. The van der Waals surface area contributed by atoms with E-state index < -0.39 is 23.4 Å². The van der Waals surface area contributed by atoms with Crippen LogP contribution >= 0.6 is 0 Å². The van der Waals surface area contributed by atoms with Gasteiger partial charge in [-0.05, 0) is 47.2 Å². The minimum atomic E-state index is -1.42. The minimum absolute atomic E-state index is 0.181. The highest BCUT2D eigenvalue weighted by Crippen LogP contribution is 2.20. The van der Waals surface area contributed by atoms with E-state index in [1.807, 2.05) is 0 Å². The number of phenols is 1. The Kier molecular flexibility index (Phi) is 4.85. The van der Waals surface area contributed by atoms with Gasteiger partial charge in [0.1, 0.15) is 5.75 Å². The molecule has 0 radical (unpaired) electrons. The normalized spacial score (nSPS) is 10.0. The highest BCUT2D eigenvalue weighted by Gasteiger charge is 2.04. The average Bonchev–Trinajstić information content (AvgIpc) is 2.52. The van der Waals surface area contributed by atoms with Crippen LogP contribution in [0.5, 0.6) is 5.75 Å². The maximum absolute atomic E-state index is 12.0. The summed E-state index contributed by atoms with van der Waals surface area (Å²) >= 11 is 0. The molecule has 118 valence electrons. The number of benzene rings is 3. The summed E-state index contributed by atoms with van der Waals surface area (Å²) < 4.78 is 35.9. The first-order chi connectivity index (χ1) is 10.9. The molecule has 0 aromatic heterocycles. The molecule has 0 fully saturated rings. The van der Waals surface area contributed by atoms with Crippen LogP contribution in [0.1, 0.15) is 10.4 Å². The summed E-state index contributed by atoms with van der Waals surface area (Å²) in [5.74, 6) is -4.50. The van der Waals surface area contributed by atoms with Gasteiger partial charge in [-0.2, -0.15) is 0 Å². The fraction of sp³-hybridized carbons (Fsp3) is 0. The molecular weight excluding hydrogens is 309 g/mol. The molecule has 0 heterocycles. The Morgan fingerprint density at radius 1 is 0.826 bits per heavy atom. The maximum Gasteiger partial charge on any atom is 0.335 e. The molecule has 2 N–H and O–H groups in total. The summed E-state index contributed by atoms with van der Waals surface area (Å²) in [5, 5.41) is 19.6. The van der Waals surface area contributed by atoms with Gasteiger partial charge in [-0.3, -0.25) is 0 Å². The highest BCUT2D eigenvalue weighted by molar-refractivity contribution is 5.94. The van der Waals surface area contributed by atoms with Crippen LogP contribution < -0.4 is 0 Å². The number of aromatic carboxylic acids is 1. The van der Waals surface area contributed by atoms with Gasteiger partial charge < -0.3 is 10.2 Å². The molecular formula is C17H11F3O3. The molecule has 0 saturated heterocycles. The third-order valence-electron chi connectivity index (χ3n) is 2.98. The summed E-state index contributed by atoms with van der Waals surface area (Å²) in [4.78, 5) is 10.7. The molecule has 3 aromatic rings. The predicted octanol–water partition coefficient (Wildman–Crippen LogP) is 4.35. The van der Waals surface area contributed by atoms with Crippen LogP contribution in [0.2, 0.25) is 0 Å². The van der Waals surface area contributed by atoms with Gasteiger partial charge in [-0.15, -0.1) is 0 Å². The van der Waals surface area contributed by atoms with Crippen molar-refractivity contribution in [2.45, 2.75) is 0 Å². The second-order valence-electron chi connectivity index (χ2n) is 4.59.